The molecule has 0 saturated heterocycles. The molecule has 0 radical (unpaired) electrons. The molecule has 2 aromatic rings. The zero-order chi connectivity index (χ0) is 11.5. The van der Waals surface area contributed by atoms with Crippen molar-refractivity contribution < 1.29 is 0 Å². The molecular weight excluding hydrogens is 268 g/mol. The normalized spacial score (nSPS) is 12.7. The highest BCUT2D eigenvalue weighted by molar-refractivity contribution is 9.10. The molecule has 1 atom stereocenters. The van der Waals surface area contributed by atoms with Gasteiger partial charge in [-0.15, -0.1) is 0 Å². The maximum absolute atomic E-state index is 6.10. The molecule has 5 heteroatoms. The molecule has 84 valence electrons. The van der Waals surface area contributed by atoms with Crippen molar-refractivity contribution in [2.75, 3.05) is 0 Å². The number of nitrogens with two attached hydrogens (primary N) is 1. The molecule has 0 spiro atoms. The number of pyridine rings is 1. The van der Waals surface area contributed by atoms with E-state index in [1.165, 1.54) is 0 Å². The first kappa shape index (κ1) is 11.3. The van der Waals surface area contributed by atoms with Crippen molar-refractivity contribution in [3.8, 4) is 0 Å². The maximum atomic E-state index is 6.10. The van der Waals surface area contributed by atoms with Gasteiger partial charge in [0.15, 0.2) is 0 Å². The molecule has 0 aliphatic rings. The van der Waals surface area contributed by atoms with Gasteiger partial charge >= 0.3 is 0 Å². The fourth-order valence-corrected chi connectivity index (χ4v) is 2.11. The van der Waals surface area contributed by atoms with Gasteiger partial charge in [-0.1, -0.05) is 0 Å². The van der Waals surface area contributed by atoms with E-state index in [0.29, 0.717) is 6.42 Å². The van der Waals surface area contributed by atoms with Crippen LogP contribution >= 0.6 is 15.9 Å². The van der Waals surface area contributed by atoms with E-state index in [-0.39, 0.29) is 6.04 Å². The average molecular weight is 281 g/mol. The quantitative estimate of drug-likeness (QED) is 0.933. The third kappa shape index (κ3) is 2.48. The molecule has 0 aliphatic heterocycles. The molecule has 2 aromatic heterocycles. The summed E-state index contributed by atoms with van der Waals surface area (Å²) in [5.74, 6) is 0. The molecular formula is C11H13BrN4. The van der Waals surface area contributed by atoms with Crippen molar-refractivity contribution in [3.63, 3.8) is 0 Å². The zero-order valence-corrected chi connectivity index (χ0v) is 10.6. The van der Waals surface area contributed by atoms with E-state index in [1.807, 2.05) is 31.4 Å². The topological polar surface area (TPSA) is 56.7 Å². The van der Waals surface area contributed by atoms with Crippen LogP contribution in [0.15, 0.2) is 35.1 Å². The number of halogens is 1. The molecule has 4 nitrogen and oxygen atoms in total. The van der Waals surface area contributed by atoms with Gasteiger partial charge in [-0.25, -0.2) is 0 Å². The Balaban J connectivity index is 2.14. The smallest absolute Gasteiger partial charge is 0.0716 e. The van der Waals surface area contributed by atoms with E-state index >= 15 is 0 Å². The number of hydrogen-bond acceptors (Lipinski definition) is 3. The Labute approximate surface area is 103 Å². The fraction of sp³-hybridized carbons (Fsp3) is 0.273. The molecule has 2 heterocycles. The SMILES string of the molecule is Cn1ccc(CC(N)c2ncccc2Br)n1. The summed E-state index contributed by atoms with van der Waals surface area (Å²) in [4.78, 5) is 4.27. The largest absolute Gasteiger partial charge is 0.322 e. The van der Waals surface area contributed by atoms with Gasteiger partial charge in [-0.05, 0) is 34.1 Å². The first-order chi connectivity index (χ1) is 7.66. The van der Waals surface area contributed by atoms with Crippen LogP contribution in [0.4, 0.5) is 0 Å². The molecule has 0 amide bonds. The summed E-state index contributed by atoms with van der Waals surface area (Å²) in [6.07, 6.45) is 4.35. The minimum Gasteiger partial charge on any atom is -0.322 e. The second kappa shape index (κ2) is 4.76. The lowest BCUT2D eigenvalue weighted by Gasteiger charge is -2.10. The van der Waals surface area contributed by atoms with E-state index in [4.69, 9.17) is 5.73 Å². The van der Waals surface area contributed by atoms with Crippen molar-refractivity contribution in [3.05, 3.63) is 46.5 Å². The van der Waals surface area contributed by atoms with Crippen LogP contribution < -0.4 is 5.73 Å². The Hall–Kier alpha value is -1.20. The summed E-state index contributed by atoms with van der Waals surface area (Å²) in [5.41, 5.74) is 7.94. The van der Waals surface area contributed by atoms with Crippen molar-refractivity contribution in [2.45, 2.75) is 12.5 Å². The molecule has 0 bridgehead atoms. The predicted octanol–water partition coefficient (Wildman–Crippen LogP) is 1.82. The molecule has 16 heavy (non-hydrogen) atoms. The van der Waals surface area contributed by atoms with Crippen LogP contribution in [0.1, 0.15) is 17.4 Å². The van der Waals surface area contributed by atoms with Crippen molar-refractivity contribution in [1.29, 1.82) is 0 Å². The molecule has 2 N–H and O–H groups in total. The Bertz CT molecular complexity index is 480. The number of nitrogens with zero attached hydrogens (tertiary/aromatic N) is 3. The van der Waals surface area contributed by atoms with Gasteiger partial charge in [0.1, 0.15) is 0 Å². The van der Waals surface area contributed by atoms with Gasteiger partial charge in [0, 0.05) is 30.3 Å². The van der Waals surface area contributed by atoms with Crippen molar-refractivity contribution in [1.82, 2.24) is 14.8 Å². The predicted molar refractivity (Wildman–Crippen MR) is 65.8 cm³/mol. The molecule has 0 aliphatic carbocycles. The van der Waals surface area contributed by atoms with E-state index in [9.17, 15) is 0 Å². The number of aromatic nitrogens is 3. The Morgan fingerprint density at radius 1 is 1.50 bits per heavy atom. The Morgan fingerprint density at radius 3 is 2.94 bits per heavy atom. The van der Waals surface area contributed by atoms with Crippen LogP contribution in [0.25, 0.3) is 0 Å². The third-order valence-electron chi connectivity index (χ3n) is 2.34. The van der Waals surface area contributed by atoms with Crippen LogP contribution in [0.2, 0.25) is 0 Å². The van der Waals surface area contributed by atoms with Crippen molar-refractivity contribution >= 4 is 15.9 Å². The maximum Gasteiger partial charge on any atom is 0.0716 e. The number of aryl methyl sites for hydroxylation is 1. The highest BCUT2D eigenvalue weighted by atomic mass is 79.9. The van der Waals surface area contributed by atoms with Crippen LogP contribution in [0.5, 0.6) is 0 Å². The molecule has 0 fully saturated rings. The van der Waals surface area contributed by atoms with Crippen LogP contribution in [0.3, 0.4) is 0 Å². The minimum absolute atomic E-state index is 0.134. The fourth-order valence-electron chi connectivity index (χ4n) is 1.56. The third-order valence-corrected chi connectivity index (χ3v) is 3.01. The number of hydrogen-bond donors (Lipinski definition) is 1. The summed E-state index contributed by atoms with van der Waals surface area (Å²) in [6.45, 7) is 0. The number of rotatable bonds is 3. The van der Waals surface area contributed by atoms with E-state index in [1.54, 1.807) is 10.9 Å². The lowest BCUT2D eigenvalue weighted by atomic mass is 10.1. The summed E-state index contributed by atoms with van der Waals surface area (Å²) in [6, 6.07) is 5.66. The molecule has 0 saturated carbocycles. The van der Waals surface area contributed by atoms with Gasteiger partial charge < -0.3 is 5.73 Å². The molecule has 0 aromatic carbocycles. The van der Waals surface area contributed by atoms with Gasteiger partial charge in [0.25, 0.3) is 0 Å². The Kier molecular flexibility index (Phi) is 3.36. The van der Waals surface area contributed by atoms with Gasteiger partial charge in [-0.3, -0.25) is 9.67 Å². The van der Waals surface area contributed by atoms with Crippen LogP contribution in [0, 0.1) is 0 Å². The summed E-state index contributed by atoms with van der Waals surface area (Å²) >= 11 is 3.45. The lowest BCUT2D eigenvalue weighted by Crippen LogP contribution is -2.16. The lowest BCUT2D eigenvalue weighted by molar-refractivity contribution is 0.657. The second-order valence-corrected chi connectivity index (χ2v) is 4.52. The monoisotopic (exact) mass is 280 g/mol. The highest BCUT2D eigenvalue weighted by Crippen LogP contribution is 2.21. The first-order valence-electron chi connectivity index (χ1n) is 5.01. The first-order valence-corrected chi connectivity index (χ1v) is 5.80. The average Bonchev–Trinajstić information content (AvgIpc) is 2.64. The summed E-state index contributed by atoms with van der Waals surface area (Å²) in [5, 5.41) is 4.30. The zero-order valence-electron chi connectivity index (χ0n) is 8.97. The van der Waals surface area contributed by atoms with Gasteiger partial charge in [0.05, 0.1) is 17.4 Å². The van der Waals surface area contributed by atoms with Crippen LogP contribution in [-0.4, -0.2) is 14.8 Å². The minimum atomic E-state index is -0.134. The highest BCUT2D eigenvalue weighted by Gasteiger charge is 2.12. The second-order valence-electron chi connectivity index (χ2n) is 3.66. The molecule has 2 rings (SSSR count). The summed E-state index contributed by atoms with van der Waals surface area (Å²) in [7, 11) is 1.89. The molecule has 1 unspecified atom stereocenters. The Morgan fingerprint density at radius 2 is 2.31 bits per heavy atom. The van der Waals surface area contributed by atoms with E-state index in [0.717, 1.165) is 15.9 Å². The van der Waals surface area contributed by atoms with Crippen molar-refractivity contribution in [2.24, 2.45) is 12.8 Å². The summed E-state index contributed by atoms with van der Waals surface area (Å²) < 4.78 is 2.72. The van der Waals surface area contributed by atoms with Crippen LogP contribution in [-0.2, 0) is 13.5 Å². The van der Waals surface area contributed by atoms with E-state index < -0.39 is 0 Å². The van der Waals surface area contributed by atoms with E-state index in [2.05, 4.69) is 26.0 Å². The van der Waals surface area contributed by atoms with Gasteiger partial charge in [-0.2, -0.15) is 5.10 Å². The van der Waals surface area contributed by atoms with Gasteiger partial charge in [0.2, 0.25) is 0 Å². The standard InChI is InChI=1S/C11H13BrN4/c1-16-6-4-8(15-16)7-10(13)11-9(12)3-2-5-14-11/h2-6,10H,7,13H2,1H3.